The van der Waals surface area contributed by atoms with Crippen LogP contribution in [0.25, 0.3) is 0 Å². The third-order valence-corrected chi connectivity index (χ3v) is 1.79. The molecule has 10 heavy (non-hydrogen) atoms. The molecule has 0 heterocycles. The Kier molecular flexibility index (Phi) is 4.60. The molecule has 2 atom stereocenters. The molecule has 0 saturated carbocycles. The van der Waals surface area contributed by atoms with Gasteiger partial charge in [0.2, 0.25) is 0 Å². The Morgan fingerprint density at radius 3 is 2.20 bits per heavy atom. The van der Waals surface area contributed by atoms with Gasteiger partial charge in [0.15, 0.2) is 0 Å². The van der Waals surface area contributed by atoms with Crippen LogP contribution in [-0.4, -0.2) is 34.6 Å². The summed E-state index contributed by atoms with van der Waals surface area (Å²) in [5, 5.41) is 26.2. The van der Waals surface area contributed by atoms with Crippen LogP contribution in [0.15, 0.2) is 0 Å². The first kappa shape index (κ1) is 9.88. The molecule has 0 aliphatic carbocycles. The van der Waals surface area contributed by atoms with Crippen molar-refractivity contribution in [2.75, 3.05) is 13.2 Å². The summed E-state index contributed by atoms with van der Waals surface area (Å²) in [4.78, 5) is 0. The minimum Gasteiger partial charge on any atom is -0.396 e. The minimum absolute atomic E-state index is 0.0295. The zero-order valence-corrected chi connectivity index (χ0v) is 6.41. The Morgan fingerprint density at radius 1 is 1.40 bits per heavy atom. The van der Waals surface area contributed by atoms with E-state index in [4.69, 9.17) is 15.3 Å². The van der Waals surface area contributed by atoms with Gasteiger partial charge in [-0.1, -0.05) is 13.8 Å². The van der Waals surface area contributed by atoms with Gasteiger partial charge in [-0.15, -0.1) is 0 Å². The molecule has 0 aromatic rings. The largest absolute Gasteiger partial charge is 0.396 e. The van der Waals surface area contributed by atoms with Crippen molar-refractivity contribution >= 4 is 0 Å². The molecule has 0 amide bonds. The van der Waals surface area contributed by atoms with Crippen LogP contribution in [-0.2, 0) is 0 Å². The molecule has 2 unspecified atom stereocenters. The molecule has 0 aromatic carbocycles. The third-order valence-electron chi connectivity index (χ3n) is 1.79. The van der Waals surface area contributed by atoms with Crippen molar-refractivity contribution in [2.45, 2.75) is 20.0 Å². The van der Waals surface area contributed by atoms with E-state index in [2.05, 4.69) is 0 Å². The summed E-state index contributed by atoms with van der Waals surface area (Å²) in [6.07, 6.45) is -0.743. The van der Waals surface area contributed by atoms with Gasteiger partial charge in [0.05, 0.1) is 12.7 Å². The number of rotatable bonds is 4. The topological polar surface area (TPSA) is 60.7 Å². The number of aliphatic hydroxyl groups excluding tert-OH is 3. The number of hydrogen-bond acceptors (Lipinski definition) is 3. The van der Waals surface area contributed by atoms with E-state index in [0.29, 0.717) is 0 Å². The number of aliphatic hydroxyl groups is 3. The van der Waals surface area contributed by atoms with Gasteiger partial charge in [-0.3, -0.25) is 0 Å². The Morgan fingerprint density at radius 2 is 1.90 bits per heavy atom. The average molecular weight is 147 g/mol. The first-order valence-electron chi connectivity index (χ1n) is 3.35. The standard InChI is InChI=1S/C7H15O3/c1-5(3-8)6(2)7(10)4-9/h6-10H,3-4H2,1-2H3. The van der Waals surface area contributed by atoms with Crippen LogP contribution in [0.3, 0.4) is 0 Å². The summed E-state index contributed by atoms with van der Waals surface area (Å²) in [5.41, 5.74) is 0. The maximum atomic E-state index is 9.05. The Labute approximate surface area is 61.3 Å². The molecule has 1 radical (unpaired) electrons. The van der Waals surface area contributed by atoms with Crippen LogP contribution in [0.2, 0.25) is 0 Å². The second kappa shape index (κ2) is 4.66. The van der Waals surface area contributed by atoms with E-state index >= 15 is 0 Å². The van der Waals surface area contributed by atoms with Crippen molar-refractivity contribution in [2.24, 2.45) is 5.92 Å². The zero-order valence-electron chi connectivity index (χ0n) is 6.41. The maximum Gasteiger partial charge on any atom is 0.0802 e. The molecular formula is C7H15O3. The lowest BCUT2D eigenvalue weighted by atomic mass is 9.92. The predicted molar refractivity (Wildman–Crippen MR) is 38.3 cm³/mol. The fourth-order valence-electron chi connectivity index (χ4n) is 0.631. The van der Waals surface area contributed by atoms with Crippen LogP contribution in [0.1, 0.15) is 13.8 Å². The molecule has 0 rings (SSSR count). The van der Waals surface area contributed by atoms with Crippen molar-refractivity contribution in [1.29, 1.82) is 0 Å². The quantitative estimate of drug-likeness (QED) is 0.505. The summed E-state index contributed by atoms with van der Waals surface area (Å²) in [6.45, 7) is 3.24. The van der Waals surface area contributed by atoms with E-state index in [-0.39, 0.29) is 19.1 Å². The van der Waals surface area contributed by atoms with E-state index < -0.39 is 6.10 Å². The lowest BCUT2D eigenvalue weighted by Crippen LogP contribution is -2.27. The summed E-state index contributed by atoms with van der Waals surface area (Å²) >= 11 is 0. The smallest absolute Gasteiger partial charge is 0.0802 e. The van der Waals surface area contributed by atoms with Gasteiger partial charge in [0, 0.05) is 12.5 Å². The second-order valence-corrected chi connectivity index (χ2v) is 2.54. The molecule has 0 fully saturated rings. The molecule has 3 heteroatoms. The molecule has 3 nitrogen and oxygen atoms in total. The first-order valence-corrected chi connectivity index (χ1v) is 3.35. The lowest BCUT2D eigenvalue weighted by Gasteiger charge is -2.20. The summed E-state index contributed by atoms with van der Waals surface area (Å²) in [7, 11) is 0. The van der Waals surface area contributed by atoms with Crippen LogP contribution < -0.4 is 0 Å². The highest BCUT2D eigenvalue weighted by Gasteiger charge is 2.19. The molecule has 0 aromatic heterocycles. The highest BCUT2D eigenvalue weighted by molar-refractivity contribution is 4.92. The minimum atomic E-state index is -0.743. The summed E-state index contributed by atoms with van der Waals surface area (Å²) in [5.74, 6) is 0.663. The van der Waals surface area contributed by atoms with E-state index in [1.807, 2.05) is 0 Å². The fraction of sp³-hybridized carbons (Fsp3) is 0.857. The van der Waals surface area contributed by atoms with E-state index in [1.165, 1.54) is 0 Å². The Balaban J connectivity index is 3.69. The highest BCUT2D eigenvalue weighted by atomic mass is 16.3. The lowest BCUT2D eigenvalue weighted by molar-refractivity contribution is 0.0528. The molecule has 0 aliphatic heterocycles. The molecule has 0 saturated heterocycles. The maximum absolute atomic E-state index is 9.05. The molecule has 0 aliphatic rings. The molecule has 0 spiro atoms. The Hall–Kier alpha value is -0.120. The van der Waals surface area contributed by atoms with Crippen molar-refractivity contribution in [3.63, 3.8) is 0 Å². The van der Waals surface area contributed by atoms with Crippen LogP contribution in [0, 0.1) is 11.8 Å². The van der Waals surface area contributed by atoms with Gasteiger partial charge in [-0.25, -0.2) is 0 Å². The van der Waals surface area contributed by atoms with Gasteiger partial charge in [-0.05, 0) is 5.92 Å². The molecule has 3 N–H and O–H groups in total. The van der Waals surface area contributed by atoms with Gasteiger partial charge >= 0.3 is 0 Å². The normalized spacial score (nSPS) is 17.4. The van der Waals surface area contributed by atoms with E-state index in [1.54, 1.807) is 13.8 Å². The molecule has 61 valence electrons. The predicted octanol–water partition coefficient (Wildman–Crippen LogP) is -0.438. The van der Waals surface area contributed by atoms with Crippen molar-refractivity contribution < 1.29 is 15.3 Å². The van der Waals surface area contributed by atoms with Gasteiger partial charge in [0.25, 0.3) is 0 Å². The van der Waals surface area contributed by atoms with Crippen LogP contribution >= 0.6 is 0 Å². The van der Waals surface area contributed by atoms with Crippen molar-refractivity contribution in [3.05, 3.63) is 5.92 Å². The van der Waals surface area contributed by atoms with Gasteiger partial charge in [-0.2, -0.15) is 0 Å². The molecular weight excluding hydrogens is 132 g/mol. The van der Waals surface area contributed by atoms with Crippen molar-refractivity contribution in [1.82, 2.24) is 0 Å². The third kappa shape index (κ3) is 2.64. The van der Waals surface area contributed by atoms with Crippen LogP contribution in [0.4, 0.5) is 0 Å². The monoisotopic (exact) mass is 147 g/mol. The summed E-state index contributed by atoms with van der Waals surface area (Å²) in [6, 6.07) is 0. The SMILES string of the molecule is C[C](CO)C(C)C(O)CO. The first-order chi connectivity index (χ1) is 4.63. The second-order valence-electron chi connectivity index (χ2n) is 2.54. The van der Waals surface area contributed by atoms with Crippen LogP contribution in [0.5, 0.6) is 0 Å². The van der Waals surface area contributed by atoms with E-state index in [0.717, 1.165) is 5.92 Å². The van der Waals surface area contributed by atoms with Gasteiger partial charge in [0.1, 0.15) is 0 Å². The number of hydrogen-bond donors (Lipinski definition) is 3. The van der Waals surface area contributed by atoms with Crippen molar-refractivity contribution in [3.8, 4) is 0 Å². The fourth-order valence-corrected chi connectivity index (χ4v) is 0.631. The zero-order chi connectivity index (χ0) is 8.15. The summed E-state index contributed by atoms with van der Waals surface area (Å²) < 4.78 is 0. The highest BCUT2D eigenvalue weighted by Crippen LogP contribution is 2.15. The molecule has 0 bridgehead atoms. The van der Waals surface area contributed by atoms with Gasteiger partial charge < -0.3 is 15.3 Å². The average Bonchev–Trinajstić information content (AvgIpc) is 2.00. The Bertz CT molecular complexity index is 74.9. The van der Waals surface area contributed by atoms with E-state index in [9.17, 15) is 0 Å².